The fourth-order valence-electron chi connectivity index (χ4n) is 0.989. The molecule has 6 heteroatoms. The van der Waals surface area contributed by atoms with Crippen LogP contribution in [-0.2, 0) is 0 Å². The second kappa shape index (κ2) is 5.03. The van der Waals surface area contributed by atoms with E-state index in [2.05, 4.69) is 15.9 Å². The molecule has 90 valence electrons. The van der Waals surface area contributed by atoms with Crippen molar-refractivity contribution < 1.29 is 22.3 Å². The second-order valence-electron chi connectivity index (χ2n) is 3.21. The Morgan fingerprint density at radius 1 is 1.38 bits per heavy atom. The van der Waals surface area contributed by atoms with Crippen LogP contribution in [0.3, 0.4) is 0 Å². The molecular weight excluding hydrogens is 292 g/mol. The summed E-state index contributed by atoms with van der Waals surface area (Å²) in [5, 5.41) is 0. The Labute approximate surface area is 98.5 Å². The second-order valence-corrected chi connectivity index (χ2v) is 4.31. The minimum atomic E-state index is -4.40. The van der Waals surface area contributed by atoms with Gasteiger partial charge in [0.15, 0.2) is 11.6 Å². The summed E-state index contributed by atoms with van der Waals surface area (Å²) in [6.07, 6.45) is -4.40. The first-order valence-electron chi connectivity index (χ1n) is 4.41. The van der Waals surface area contributed by atoms with Gasteiger partial charge in [-0.15, -0.1) is 0 Å². The molecule has 0 radical (unpaired) electrons. The summed E-state index contributed by atoms with van der Waals surface area (Å²) in [6, 6.07) is 4.32. The van der Waals surface area contributed by atoms with Crippen LogP contribution in [0, 0.1) is 12.7 Å². The molecule has 0 fully saturated rings. The van der Waals surface area contributed by atoms with E-state index in [4.69, 9.17) is 4.74 Å². The van der Waals surface area contributed by atoms with Gasteiger partial charge < -0.3 is 4.74 Å². The fraction of sp³-hybridized carbons (Fsp3) is 0.400. The highest BCUT2D eigenvalue weighted by Gasteiger charge is 2.38. The highest BCUT2D eigenvalue weighted by Crippen LogP contribution is 2.28. The first-order valence-corrected chi connectivity index (χ1v) is 5.32. The SMILES string of the molecule is Cc1cccc(OCC(Br)C(F)(F)F)c1F. The lowest BCUT2D eigenvalue weighted by atomic mass is 10.2. The van der Waals surface area contributed by atoms with Gasteiger partial charge in [-0.1, -0.05) is 28.1 Å². The molecule has 0 N–H and O–H groups in total. The normalized spacial score (nSPS) is 13.6. The van der Waals surface area contributed by atoms with Gasteiger partial charge in [-0.05, 0) is 18.6 Å². The molecule has 0 bridgehead atoms. The van der Waals surface area contributed by atoms with Crippen molar-refractivity contribution in [2.24, 2.45) is 0 Å². The van der Waals surface area contributed by atoms with Crippen LogP contribution in [0.15, 0.2) is 18.2 Å². The number of aryl methyl sites for hydroxylation is 1. The summed E-state index contributed by atoms with van der Waals surface area (Å²) in [4.78, 5) is -1.81. The average molecular weight is 301 g/mol. The molecule has 0 saturated carbocycles. The van der Waals surface area contributed by atoms with Crippen LogP contribution in [-0.4, -0.2) is 17.6 Å². The van der Waals surface area contributed by atoms with Crippen molar-refractivity contribution in [3.63, 3.8) is 0 Å². The van der Waals surface area contributed by atoms with Crippen molar-refractivity contribution in [2.75, 3.05) is 6.61 Å². The Hall–Kier alpha value is -0.780. The molecular formula is C10H9BrF4O. The molecule has 0 aliphatic carbocycles. The van der Waals surface area contributed by atoms with Crippen molar-refractivity contribution in [3.05, 3.63) is 29.6 Å². The fourth-order valence-corrected chi connectivity index (χ4v) is 1.12. The van der Waals surface area contributed by atoms with Gasteiger partial charge in [0.2, 0.25) is 0 Å². The van der Waals surface area contributed by atoms with Crippen molar-refractivity contribution in [3.8, 4) is 5.75 Å². The number of halogens is 5. The van der Waals surface area contributed by atoms with Crippen LogP contribution in [0.5, 0.6) is 5.75 Å². The Morgan fingerprint density at radius 3 is 2.56 bits per heavy atom. The molecule has 1 unspecified atom stereocenters. The first-order chi connectivity index (χ1) is 7.32. The zero-order valence-electron chi connectivity index (χ0n) is 8.31. The van der Waals surface area contributed by atoms with Gasteiger partial charge in [0.25, 0.3) is 0 Å². The molecule has 0 spiro atoms. The van der Waals surface area contributed by atoms with Crippen molar-refractivity contribution in [1.29, 1.82) is 0 Å². The predicted octanol–water partition coefficient (Wildman–Crippen LogP) is 3.84. The molecule has 1 nitrogen and oxygen atoms in total. The van der Waals surface area contributed by atoms with E-state index in [1.807, 2.05) is 0 Å². The zero-order valence-corrected chi connectivity index (χ0v) is 9.90. The van der Waals surface area contributed by atoms with E-state index in [1.165, 1.54) is 25.1 Å². The number of hydrogen-bond donors (Lipinski definition) is 0. The van der Waals surface area contributed by atoms with Gasteiger partial charge in [-0.3, -0.25) is 0 Å². The van der Waals surface area contributed by atoms with Gasteiger partial charge >= 0.3 is 6.18 Å². The maximum absolute atomic E-state index is 13.3. The van der Waals surface area contributed by atoms with Crippen LogP contribution in [0.2, 0.25) is 0 Å². The van der Waals surface area contributed by atoms with Crippen molar-refractivity contribution in [1.82, 2.24) is 0 Å². The monoisotopic (exact) mass is 300 g/mol. The third-order valence-electron chi connectivity index (χ3n) is 1.90. The number of rotatable bonds is 3. The topological polar surface area (TPSA) is 9.23 Å². The Bertz CT molecular complexity index is 364. The van der Waals surface area contributed by atoms with E-state index in [9.17, 15) is 17.6 Å². The molecule has 0 heterocycles. The summed E-state index contributed by atoms with van der Waals surface area (Å²) in [5.41, 5.74) is 0.329. The highest BCUT2D eigenvalue weighted by molar-refractivity contribution is 9.09. The summed E-state index contributed by atoms with van der Waals surface area (Å²) in [5.74, 6) is -0.807. The van der Waals surface area contributed by atoms with Crippen LogP contribution in [0.1, 0.15) is 5.56 Å². The Balaban J connectivity index is 2.65. The number of hydrogen-bond acceptors (Lipinski definition) is 1. The summed E-state index contributed by atoms with van der Waals surface area (Å²) >= 11 is 2.43. The lowest BCUT2D eigenvalue weighted by Crippen LogP contribution is -2.29. The third kappa shape index (κ3) is 3.37. The summed E-state index contributed by atoms with van der Waals surface area (Å²) < 4.78 is 54.4. The van der Waals surface area contributed by atoms with Crippen LogP contribution in [0.25, 0.3) is 0 Å². The maximum atomic E-state index is 13.3. The van der Waals surface area contributed by atoms with E-state index in [-0.39, 0.29) is 5.75 Å². The van der Waals surface area contributed by atoms with Crippen LogP contribution in [0.4, 0.5) is 17.6 Å². The number of alkyl halides is 4. The van der Waals surface area contributed by atoms with Gasteiger partial charge in [0.1, 0.15) is 11.4 Å². The summed E-state index contributed by atoms with van der Waals surface area (Å²) in [7, 11) is 0. The van der Waals surface area contributed by atoms with Gasteiger partial charge in [-0.2, -0.15) is 13.2 Å². The van der Waals surface area contributed by atoms with Crippen molar-refractivity contribution in [2.45, 2.75) is 17.9 Å². The molecule has 1 aromatic carbocycles. The smallest absolute Gasteiger partial charge is 0.404 e. The van der Waals surface area contributed by atoms with E-state index in [1.54, 1.807) is 0 Å². The number of benzene rings is 1. The van der Waals surface area contributed by atoms with E-state index in [0.717, 1.165) is 0 Å². The molecule has 0 aliphatic rings. The van der Waals surface area contributed by atoms with Crippen LogP contribution < -0.4 is 4.74 Å². The average Bonchev–Trinajstić information content (AvgIpc) is 2.18. The van der Waals surface area contributed by atoms with Gasteiger partial charge in [0, 0.05) is 0 Å². The van der Waals surface area contributed by atoms with E-state index in [0.29, 0.717) is 5.56 Å². The lowest BCUT2D eigenvalue weighted by molar-refractivity contribution is -0.132. The predicted molar refractivity (Wildman–Crippen MR) is 55.4 cm³/mol. The van der Waals surface area contributed by atoms with E-state index < -0.39 is 23.4 Å². The molecule has 0 aliphatic heterocycles. The first kappa shape index (κ1) is 13.3. The third-order valence-corrected chi connectivity index (χ3v) is 2.68. The quantitative estimate of drug-likeness (QED) is 0.609. The largest absolute Gasteiger partial charge is 0.489 e. The molecule has 0 aromatic heterocycles. The molecule has 16 heavy (non-hydrogen) atoms. The molecule has 0 amide bonds. The minimum Gasteiger partial charge on any atom is -0.489 e. The molecule has 0 saturated heterocycles. The zero-order chi connectivity index (χ0) is 12.3. The lowest BCUT2D eigenvalue weighted by Gasteiger charge is -2.15. The summed E-state index contributed by atoms with van der Waals surface area (Å²) in [6.45, 7) is 0.849. The Morgan fingerprint density at radius 2 is 2.00 bits per heavy atom. The van der Waals surface area contributed by atoms with Gasteiger partial charge in [-0.25, -0.2) is 4.39 Å². The minimum absolute atomic E-state index is 0.172. The van der Waals surface area contributed by atoms with Gasteiger partial charge in [0.05, 0.1) is 0 Å². The number of ether oxygens (including phenoxy) is 1. The highest BCUT2D eigenvalue weighted by atomic mass is 79.9. The van der Waals surface area contributed by atoms with Crippen molar-refractivity contribution >= 4 is 15.9 Å². The maximum Gasteiger partial charge on any atom is 0.404 e. The molecule has 1 aromatic rings. The van der Waals surface area contributed by atoms with Crippen LogP contribution >= 0.6 is 15.9 Å². The standard InChI is InChI=1S/C10H9BrF4O/c1-6-3-2-4-7(9(6)12)16-5-8(11)10(13,14)15/h2-4,8H,5H2,1H3. The Kier molecular flexibility index (Phi) is 4.18. The molecule has 1 rings (SSSR count). The van der Waals surface area contributed by atoms with E-state index >= 15 is 0 Å². The molecule has 1 atom stereocenters.